The van der Waals surface area contributed by atoms with E-state index in [9.17, 15) is 4.79 Å². The molecular formula is C8H15NOS. The van der Waals surface area contributed by atoms with E-state index in [0.717, 1.165) is 12.7 Å². The average Bonchev–Trinajstić information content (AvgIpc) is 2.03. The van der Waals surface area contributed by atoms with Gasteiger partial charge in [-0.05, 0) is 24.0 Å². The van der Waals surface area contributed by atoms with Crippen LogP contribution in [-0.4, -0.2) is 18.6 Å². The molecule has 0 aromatic carbocycles. The molecule has 0 fully saturated rings. The Morgan fingerprint density at radius 2 is 2.36 bits per heavy atom. The summed E-state index contributed by atoms with van der Waals surface area (Å²) in [6.45, 7) is 2.07. The van der Waals surface area contributed by atoms with Crippen molar-refractivity contribution in [2.75, 3.05) is 6.26 Å². The molecule has 64 valence electrons. The van der Waals surface area contributed by atoms with Crippen molar-refractivity contribution in [3.63, 3.8) is 0 Å². The molecule has 2 nitrogen and oxygen atoms in total. The molecule has 0 bridgehead atoms. The van der Waals surface area contributed by atoms with Crippen molar-refractivity contribution in [2.45, 2.75) is 25.8 Å². The predicted octanol–water partition coefficient (Wildman–Crippen LogP) is 1.56. The highest BCUT2D eigenvalue weighted by Crippen LogP contribution is 2.17. The molecule has 0 aliphatic heterocycles. The molecule has 2 N–H and O–H groups in total. The first-order chi connectivity index (χ1) is 5.24. The molecule has 0 spiro atoms. The van der Waals surface area contributed by atoms with Gasteiger partial charge < -0.3 is 10.5 Å². The Labute approximate surface area is 72.2 Å². The van der Waals surface area contributed by atoms with Crippen LogP contribution in [0.3, 0.4) is 0 Å². The zero-order valence-electron chi connectivity index (χ0n) is 7.04. The summed E-state index contributed by atoms with van der Waals surface area (Å²) in [6.07, 6.45) is 6.58. The van der Waals surface area contributed by atoms with E-state index in [1.807, 2.05) is 6.26 Å². The SMILES string of the molecule is CC/C=C(/CC(N)C=O)SC. The molecule has 0 saturated carbocycles. The van der Waals surface area contributed by atoms with Crippen LogP contribution < -0.4 is 5.73 Å². The minimum atomic E-state index is -0.333. The smallest absolute Gasteiger partial charge is 0.137 e. The summed E-state index contributed by atoms with van der Waals surface area (Å²) in [6, 6.07) is -0.333. The van der Waals surface area contributed by atoms with E-state index in [1.165, 1.54) is 4.91 Å². The standard InChI is InChI=1S/C8H15NOS/c1-3-4-8(11-2)5-7(9)6-10/h4,6-7H,3,5,9H2,1-2H3/b8-4-. The number of rotatable bonds is 5. The van der Waals surface area contributed by atoms with Crippen LogP contribution in [0.2, 0.25) is 0 Å². The summed E-state index contributed by atoms with van der Waals surface area (Å²) < 4.78 is 0. The normalized spacial score (nSPS) is 14.6. The fourth-order valence-electron chi connectivity index (χ4n) is 0.758. The Morgan fingerprint density at radius 3 is 2.73 bits per heavy atom. The second kappa shape index (κ2) is 6.43. The number of nitrogens with two attached hydrogens (primary N) is 1. The van der Waals surface area contributed by atoms with Crippen LogP contribution >= 0.6 is 11.8 Å². The summed E-state index contributed by atoms with van der Waals surface area (Å²) in [4.78, 5) is 11.4. The maximum atomic E-state index is 10.2. The molecule has 1 atom stereocenters. The predicted molar refractivity (Wildman–Crippen MR) is 50.5 cm³/mol. The zero-order chi connectivity index (χ0) is 8.69. The van der Waals surface area contributed by atoms with Crippen LogP contribution in [0.5, 0.6) is 0 Å². The van der Waals surface area contributed by atoms with Crippen molar-refractivity contribution >= 4 is 18.0 Å². The first kappa shape index (κ1) is 10.7. The molecule has 0 aromatic heterocycles. The Balaban J connectivity index is 3.86. The van der Waals surface area contributed by atoms with Gasteiger partial charge in [0.15, 0.2) is 0 Å². The van der Waals surface area contributed by atoms with Gasteiger partial charge in [0.2, 0.25) is 0 Å². The monoisotopic (exact) mass is 173 g/mol. The number of aldehydes is 1. The minimum absolute atomic E-state index is 0.333. The van der Waals surface area contributed by atoms with E-state index in [4.69, 9.17) is 5.73 Å². The molecule has 11 heavy (non-hydrogen) atoms. The largest absolute Gasteiger partial charge is 0.321 e. The second-order valence-electron chi connectivity index (χ2n) is 2.29. The lowest BCUT2D eigenvalue weighted by Gasteiger charge is -2.05. The highest BCUT2D eigenvalue weighted by molar-refractivity contribution is 8.02. The molecule has 0 rings (SSSR count). The summed E-state index contributed by atoms with van der Waals surface area (Å²) >= 11 is 1.66. The quantitative estimate of drug-likeness (QED) is 0.642. The van der Waals surface area contributed by atoms with Crippen molar-refractivity contribution in [1.29, 1.82) is 0 Å². The molecule has 3 heteroatoms. The van der Waals surface area contributed by atoms with Crippen molar-refractivity contribution in [2.24, 2.45) is 5.73 Å². The Kier molecular flexibility index (Phi) is 6.27. The van der Waals surface area contributed by atoms with Gasteiger partial charge in [0.1, 0.15) is 6.29 Å². The van der Waals surface area contributed by atoms with Crippen LogP contribution in [0.4, 0.5) is 0 Å². The van der Waals surface area contributed by atoms with Crippen molar-refractivity contribution in [3.8, 4) is 0 Å². The molecule has 0 heterocycles. The van der Waals surface area contributed by atoms with Crippen LogP contribution in [0.25, 0.3) is 0 Å². The Morgan fingerprint density at radius 1 is 1.73 bits per heavy atom. The maximum Gasteiger partial charge on any atom is 0.137 e. The number of allylic oxidation sites excluding steroid dienone is 1. The third-order valence-corrected chi connectivity index (χ3v) is 2.16. The number of hydrogen-bond donors (Lipinski definition) is 1. The molecule has 0 aliphatic rings. The van der Waals surface area contributed by atoms with E-state index >= 15 is 0 Å². The van der Waals surface area contributed by atoms with Gasteiger partial charge in [-0.25, -0.2) is 0 Å². The fourth-order valence-corrected chi connectivity index (χ4v) is 1.45. The van der Waals surface area contributed by atoms with E-state index in [-0.39, 0.29) is 6.04 Å². The fraction of sp³-hybridized carbons (Fsp3) is 0.625. The van der Waals surface area contributed by atoms with E-state index in [2.05, 4.69) is 13.0 Å². The number of thioether (sulfide) groups is 1. The summed E-state index contributed by atoms with van der Waals surface area (Å²) in [5.41, 5.74) is 5.46. The van der Waals surface area contributed by atoms with Gasteiger partial charge in [-0.1, -0.05) is 13.0 Å². The Bertz CT molecular complexity index is 145. The Hall–Kier alpha value is -0.280. The van der Waals surface area contributed by atoms with Gasteiger partial charge in [0.25, 0.3) is 0 Å². The number of carbonyl (C=O) groups excluding carboxylic acids is 1. The lowest BCUT2D eigenvalue weighted by Crippen LogP contribution is -2.21. The molecule has 0 amide bonds. The van der Waals surface area contributed by atoms with Crippen LogP contribution in [0, 0.1) is 0 Å². The van der Waals surface area contributed by atoms with E-state index in [0.29, 0.717) is 6.42 Å². The molecule has 0 radical (unpaired) electrons. The van der Waals surface area contributed by atoms with Gasteiger partial charge in [-0.15, -0.1) is 11.8 Å². The van der Waals surface area contributed by atoms with Gasteiger partial charge in [-0.3, -0.25) is 0 Å². The minimum Gasteiger partial charge on any atom is -0.321 e. The van der Waals surface area contributed by atoms with Gasteiger partial charge in [0.05, 0.1) is 6.04 Å². The topological polar surface area (TPSA) is 43.1 Å². The molecule has 0 aliphatic carbocycles. The highest BCUT2D eigenvalue weighted by atomic mass is 32.2. The van der Waals surface area contributed by atoms with Crippen LogP contribution in [0.1, 0.15) is 19.8 Å². The lowest BCUT2D eigenvalue weighted by molar-refractivity contribution is -0.108. The third kappa shape index (κ3) is 5.04. The van der Waals surface area contributed by atoms with Gasteiger partial charge in [0, 0.05) is 0 Å². The number of carbonyl (C=O) groups is 1. The maximum absolute atomic E-state index is 10.2. The molecule has 1 unspecified atom stereocenters. The van der Waals surface area contributed by atoms with Crippen molar-refractivity contribution in [3.05, 3.63) is 11.0 Å². The van der Waals surface area contributed by atoms with E-state index in [1.54, 1.807) is 11.8 Å². The summed E-state index contributed by atoms with van der Waals surface area (Å²) in [7, 11) is 0. The van der Waals surface area contributed by atoms with E-state index < -0.39 is 0 Å². The zero-order valence-corrected chi connectivity index (χ0v) is 7.86. The lowest BCUT2D eigenvalue weighted by atomic mass is 10.2. The molecule has 0 saturated heterocycles. The second-order valence-corrected chi connectivity index (χ2v) is 3.22. The summed E-state index contributed by atoms with van der Waals surface area (Å²) in [5.74, 6) is 0. The van der Waals surface area contributed by atoms with Gasteiger partial charge in [-0.2, -0.15) is 0 Å². The third-order valence-electron chi connectivity index (χ3n) is 1.31. The average molecular weight is 173 g/mol. The molecular weight excluding hydrogens is 158 g/mol. The first-order valence-electron chi connectivity index (χ1n) is 3.68. The number of hydrogen-bond acceptors (Lipinski definition) is 3. The van der Waals surface area contributed by atoms with Gasteiger partial charge >= 0.3 is 0 Å². The molecule has 0 aromatic rings. The summed E-state index contributed by atoms with van der Waals surface area (Å²) in [5, 5.41) is 0. The van der Waals surface area contributed by atoms with Crippen LogP contribution in [0.15, 0.2) is 11.0 Å². The van der Waals surface area contributed by atoms with Crippen molar-refractivity contribution < 1.29 is 4.79 Å². The highest BCUT2D eigenvalue weighted by Gasteiger charge is 2.02. The van der Waals surface area contributed by atoms with Crippen LogP contribution in [-0.2, 0) is 4.79 Å². The first-order valence-corrected chi connectivity index (χ1v) is 4.91. The van der Waals surface area contributed by atoms with Crippen molar-refractivity contribution in [1.82, 2.24) is 0 Å².